The Morgan fingerprint density at radius 3 is 2.22 bits per heavy atom. The summed E-state index contributed by atoms with van der Waals surface area (Å²) in [6, 6.07) is -1.41. The molecule has 0 bridgehead atoms. The molecule has 1 aliphatic heterocycles. The van der Waals surface area contributed by atoms with E-state index in [4.69, 9.17) is 0 Å². The molecule has 1 aromatic carbocycles. The van der Waals surface area contributed by atoms with Crippen LogP contribution < -0.4 is 10.6 Å². The Hall–Kier alpha value is -2.47. The molecule has 3 N–H and O–H groups in total. The van der Waals surface area contributed by atoms with Gasteiger partial charge in [-0.05, 0) is 6.08 Å². The lowest BCUT2D eigenvalue weighted by Crippen LogP contribution is -2.49. The van der Waals surface area contributed by atoms with Crippen molar-refractivity contribution in [2.45, 2.75) is 6.04 Å². The van der Waals surface area contributed by atoms with Crippen LogP contribution in [0.25, 0.3) is 6.08 Å². The van der Waals surface area contributed by atoms with E-state index in [0.29, 0.717) is 29.6 Å². The maximum atomic E-state index is 13.5. The summed E-state index contributed by atoms with van der Waals surface area (Å²) in [7, 11) is 0. The van der Waals surface area contributed by atoms with Crippen LogP contribution in [0.2, 0.25) is 0 Å². The van der Waals surface area contributed by atoms with E-state index in [9.17, 15) is 36.6 Å². The number of nitrogens with zero attached hydrogens (tertiary/aromatic N) is 1. The highest BCUT2D eigenvalue weighted by atomic mass is 32.2. The summed E-state index contributed by atoms with van der Waals surface area (Å²) < 4.78 is 66.2. The molecule has 1 heterocycles. The molecule has 0 radical (unpaired) electrons. The number of aliphatic imine (C=N–C) groups is 1. The highest BCUT2D eigenvalue weighted by Crippen LogP contribution is 2.23. The molecule has 1 aromatic rings. The number of hydrogen-bond acceptors (Lipinski definition) is 5. The minimum atomic E-state index is -2.32. The van der Waals surface area contributed by atoms with Gasteiger partial charge in [-0.3, -0.25) is 14.6 Å². The molecule has 0 unspecified atom stereocenters. The second kappa shape index (κ2) is 8.95. The molecular formula is C15H12F5N3O3S. The van der Waals surface area contributed by atoms with Crippen molar-refractivity contribution in [2.75, 3.05) is 18.9 Å². The zero-order valence-electron chi connectivity index (χ0n) is 13.4. The van der Waals surface area contributed by atoms with E-state index in [1.165, 1.54) is 11.8 Å². The summed E-state index contributed by atoms with van der Waals surface area (Å²) in [6.07, 6.45) is 0.838. The number of halogens is 5. The summed E-state index contributed by atoms with van der Waals surface area (Å²) in [5.41, 5.74) is -1.32. The number of carbonyl (C=O) groups excluding carboxylic acids is 2. The van der Waals surface area contributed by atoms with Gasteiger partial charge in [0, 0.05) is 11.8 Å². The van der Waals surface area contributed by atoms with Crippen LogP contribution in [0.15, 0.2) is 11.1 Å². The topological polar surface area (TPSA) is 90.8 Å². The lowest BCUT2D eigenvalue weighted by molar-refractivity contribution is -0.127. The summed E-state index contributed by atoms with van der Waals surface area (Å²) in [6.45, 7) is -0.299. The van der Waals surface area contributed by atoms with Crippen LogP contribution in [0.1, 0.15) is 5.56 Å². The molecule has 0 aromatic heterocycles. The largest absolute Gasteiger partial charge is 0.394 e. The van der Waals surface area contributed by atoms with Crippen molar-refractivity contribution >= 4 is 34.8 Å². The van der Waals surface area contributed by atoms with Crippen molar-refractivity contribution < 1.29 is 36.6 Å². The van der Waals surface area contributed by atoms with Gasteiger partial charge in [-0.2, -0.15) is 0 Å². The normalized spacial score (nSPS) is 15.0. The van der Waals surface area contributed by atoms with Crippen LogP contribution >= 0.6 is 11.8 Å². The van der Waals surface area contributed by atoms with Gasteiger partial charge in [-0.15, -0.1) is 0 Å². The highest BCUT2D eigenvalue weighted by Gasteiger charge is 2.25. The van der Waals surface area contributed by atoms with E-state index in [0.717, 1.165) is 0 Å². The zero-order valence-corrected chi connectivity index (χ0v) is 14.2. The van der Waals surface area contributed by atoms with E-state index < -0.39 is 59.1 Å². The summed E-state index contributed by atoms with van der Waals surface area (Å²) in [5, 5.41) is 13.9. The fourth-order valence-electron chi connectivity index (χ4n) is 1.94. The lowest BCUT2D eigenvalue weighted by atomic mass is 10.1. The van der Waals surface area contributed by atoms with Gasteiger partial charge in [0.1, 0.15) is 6.04 Å². The Morgan fingerprint density at radius 2 is 1.70 bits per heavy atom. The lowest BCUT2D eigenvalue weighted by Gasteiger charge is -2.14. The number of nitrogens with one attached hydrogen (secondary N) is 2. The van der Waals surface area contributed by atoms with Gasteiger partial charge in [-0.25, -0.2) is 22.0 Å². The second-order valence-electron chi connectivity index (χ2n) is 5.09. The number of amides is 2. The SMILES string of the molecule is O=C(C=Cc1c(F)c(F)c(F)c(F)c1F)N[C@@H](CO)C(=O)NC1=NCCS1. The highest BCUT2D eigenvalue weighted by molar-refractivity contribution is 8.14. The maximum absolute atomic E-state index is 13.5. The predicted octanol–water partition coefficient (Wildman–Crippen LogP) is 1.09. The molecule has 0 fully saturated rings. The molecule has 2 rings (SSSR count). The van der Waals surface area contributed by atoms with Gasteiger partial charge in [0.05, 0.1) is 18.7 Å². The monoisotopic (exact) mass is 409 g/mol. The minimum absolute atomic E-state index is 0.310. The third kappa shape index (κ3) is 4.83. The molecule has 6 nitrogen and oxygen atoms in total. The standard InChI is InChI=1S/C15H12F5N3O3S/c16-9-6(10(17)12(19)13(20)11(9)18)1-2-8(25)22-7(5-24)14(26)23-15-21-3-4-27-15/h1-2,7,24H,3-5H2,(H,22,25)(H,21,23,26)/t7-/m0/s1. The van der Waals surface area contributed by atoms with E-state index >= 15 is 0 Å². The fraction of sp³-hybridized carbons (Fsp3) is 0.267. The zero-order chi connectivity index (χ0) is 20.1. The number of benzene rings is 1. The molecule has 0 saturated carbocycles. The smallest absolute Gasteiger partial charge is 0.250 e. The van der Waals surface area contributed by atoms with Gasteiger partial charge in [0.2, 0.25) is 11.7 Å². The Balaban J connectivity index is 2.09. The van der Waals surface area contributed by atoms with Gasteiger partial charge in [0.15, 0.2) is 28.4 Å². The summed E-state index contributed by atoms with van der Waals surface area (Å²) in [5.74, 6) is -12.1. The predicted molar refractivity (Wildman–Crippen MR) is 87.2 cm³/mol. The number of aliphatic hydroxyl groups excluding tert-OH is 1. The van der Waals surface area contributed by atoms with Crippen LogP contribution in [0.3, 0.4) is 0 Å². The molecule has 1 aliphatic rings. The molecule has 2 amide bonds. The quantitative estimate of drug-likeness (QED) is 0.294. The van der Waals surface area contributed by atoms with Crippen LogP contribution in [0, 0.1) is 29.1 Å². The first-order valence-corrected chi connectivity index (χ1v) is 8.33. The third-order valence-corrected chi connectivity index (χ3v) is 4.17. The van der Waals surface area contributed by atoms with Crippen LogP contribution in [0.5, 0.6) is 0 Å². The van der Waals surface area contributed by atoms with Crippen molar-refractivity contribution in [1.82, 2.24) is 10.6 Å². The molecule has 12 heteroatoms. The Bertz CT molecular complexity index is 802. The first kappa shape index (κ1) is 20.8. The summed E-state index contributed by atoms with van der Waals surface area (Å²) >= 11 is 1.26. The van der Waals surface area contributed by atoms with Gasteiger partial charge in [-0.1, -0.05) is 11.8 Å². The number of thioether (sulfide) groups is 1. The molecule has 146 valence electrons. The Kier molecular flexibility index (Phi) is 6.91. The Morgan fingerprint density at radius 1 is 1.11 bits per heavy atom. The summed E-state index contributed by atoms with van der Waals surface area (Å²) in [4.78, 5) is 27.6. The number of rotatable bonds is 5. The number of carbonyl (C=O) groups is 2. The second-order valence-corrected chi connectivity index (χ2v) is 6.17. The molecule has 0 spiro atoms. The average molecular weight is 409 g/mol. The van der Waals surface area contributed by atoms with Gasteiger partial charge in [0.25, 0.3) is 5.91 Å². The number of amidine groups is 1. The average Bonchev–Trinajstić information content (AvgIpc) is 3.15. The molecule has 27 heavy (non-hydrogen) atoms. The van der Waals surface area contributed by atoms with E-state index in [1.807, 2.05) is 5.32 Å². The van der Waals surface area contributed by atoms with Crippen LogP contribution in [-0.2, 0) is 9.59 Å². The van der Waals surface area contributed by atoms with Crippen molar-refractivity contribution in [3.05, 3.63) is 40.7 Å². The van der Waals surface area contributed by atoms with Crippen molar-refractivity contribution in [2.24, 2.45) is 4.99 Å². The van der Waals surface area contributed by atoms with E-state index in [-0.39, 0.29) is 0 Å². The molecule has 1 atom stereocenters. The first-order valence-electron chi connectivity index (χ1n) is 7.35. The fourth-order valence-corrected chi connectivity index (χ4v) is 2.68. The van der Waals surface area contributed by atoms with Crippen molar-refractivity contribution in [1.29, 1.82) is 0 Å². The first-order chi connectivity index (χ1) is 12.8. The van der Waals surface area contributed by atoms with Gasteiger partial charge >= 0.3 is 0 Å². The van der Waals surface area contributed by atoms with Gasteiger partial charge < -0.3 is 15.7 Å². The van der Waals surface area contributed by atoms with Crippen molar-refractivity contribution in [3.8, 4) is 0 Å². The third-order valence-electron chi connectivity index (χ3n) is 3.28. The van der Waals surface area contributed by atoms with E-state index in [1.54, 1.807) is 0 Å². The Labute approximate surface area is 153 Å². The number of hydrogen-bond donors (Lipinski definition) is 3. The molecule has 0 saturated heterocycles. The van der Waals surface area contributed by atoms with Crippen LogP contribution in [-0.4, -0.2) is 47.0 Å². The molecular weight excluding hydrogens is 397 g/mol. The maximum Gasteiger partial charge on any atom is 0.250 e. The number of aliphatic hydroxyl groups is 1. The van der Waals surface area contributed by atoms with Crippen molar-refractivity contribution in [3.63, 3.8) is 0 Å². The molecule has 0 aliphatic carbocycles. The minimum Gasteiger partial charge on any atom is -0.394 e. The van der Waals surface area contributed by atoms with E-state index in [2.05, 4.69) is 10.3 Å². The van der Waals surface area contributed by atoms with Crippen LogP contribution in [0.4, 0.5) is 22.0 Å².